The van der Waals surface area contributed by atoms with Crippen LogP contribution in [0.15, 0.2) is 41.3 Å². The van der Waals surface area contributed by atoms with Crippen molar-refractivity contribution < 1.29 is 19.4 Å². The number of hydrogen-bond donors (Lipinski definition) is 1. The van der Waals surface area contributed by atoms with Gasteiger partial charge in [-0.1, -0.05) is 0 Å². The molecule has 0 aliphatic rings. The predicted octanol–water partition coefficient (Wildman–Crippen LogP) is 1.55. The number of aromatic carboxylic acids is 1. The van der Waals surface area contributed by atoms with E-state index in [1.807, 2.05) is 0 Å². The van der Waals surface area contributed by atoms with Gasteiger partial charge in [-0.05, 0) is 18.2 Å². The fourth-order valence-corrected chi connectivity index (χ4v) is 1.79. The number of hydrogen-bond acceptors (Lipinski definition) is 4. The van der Waals surface area contributed by atoms with Gasteiger partial charge in [-0.15, -0.1) is 0 Å². The number of carbonyl (C=O) groups is 1. The van der Waals surface area contributed by atoms with Crippen LogP contribution in [-0.4, -0.2) is 29.9 Å². The van der Waals surface area contributed by atoms with E-state index in [9.17, 15) is 9.59 Å². The first-order valence-corrected chi connectivity index (χ1v) is 5.75. The molecule has 0 saturated carbocycles. The van der Waals surface area contributed by atoms with Crippen molar-refractivity contribution in [3.63, 3.8) is 0 Å². The zero-order valence-corrected chi connectivity index (χ0v) is 11.0. The molecule has 2 rings (SSSR count). The van der Waals surface area contributed by atoms with Gasteiger partial charge in [0, 0.05) is 18.3 Å². The highest BCUT2D eigenvalue weighted by Crippen LogP contribution is 2.26. The first-order valence-electron chi connectivity index (χ1n) is 5.75. The fourth-order valence-electron chi connectivity index (χ4n) is 1.79. The maximum absolute atomic E-state index is 11.9. The van der Waals surface area contributed by atoms with Crippen molar-refractivity contribution >= 4 is 5.97 Å². The summed E-state index contributed by atoms with van der Waals surface area (Å²) in [5, 5.41) is 9.00. The van der Waals surface area contributed by atoms with Crippen LogP contribution < -0.4 is 15.0 Å². The molecular formula is C14H13NO5. The molecule has 0 atom stereocenters. The summed E-state index contributed by atoms with van der Waals surface area (Å²) in [4.78, 5) is 22.9. The summed E-state index contributed by atoms with van der Waals surface area (Å²) in [6.07, 6.45) is 1.25. The number of methoxy groups -OCH3 is 2. The van der Waals surface area contributed by atoms with Crippen molar-refractivity contribution in [1.82, 2.24) is 4.57 Å². The van der Waals surface area contributed by atoms with Gasteiger partial charge in [0.1, 0.15) is 11.5 Å². The van der Waals surface area contributed by atoms with Crippen LogP contribution in [0, 0.1) is 0 Å². The second kappa shape index (κ2) is 5.48. The minimum absolute atomic E-state index is 0.00877. The Hall–Kier alpha value is -2.76. The molecule has 0 fully saturated rings. The van der Waals surface area contributed by atoms with Gasteiger partial charge in [0.05, 0.1) is 25.5 Å². The van der Waals surface area contributed by atoms with Crippen molar-refractivity contribution in [3.8, 4) is 17.2 Å². The average molecular weight is 275 g/mol. The highest BCUT2D eigenvalue weighted by atomic mass is 16.5. The summed E-state index contributed by atoms with van der Waals surface area (Å²) in [7, 11) is 2.97. The van der Waals surface area contributed by atoms with Crippen LogP contribution in [0.5, 0.6) is 11.5 Å². The number of benzene rings is 1. The van der Waals surface area contributed by atoms with Crippen LogP contribution in [-0.2, 0) is 0 Å². The Balaban J connectivity index is 2.69. The molecule has 2 aromatic rings. The summed E-state index contributed by atoms with van der Waals surface area (Å²) in [6.45, 7) is 0. The molecule has 1 heterocycles. The predicted molar refractivity (Wildman–Crippen MR) is 72.1 cm³/mol. The third-order valence-corrected chi connectivity index (χ3v) is 2.80. The summed E-state index contributed by atoms with van der Waals surface area (Å²) in [6, 6.07) is 7.39. The van der Waals surface area contributed by atoms with Crippen LogP contribution in [0.4, 0.5) is 0 Å². The molecule has 0 amide bonds. The van der Waals surface area contributed by atoms with E-state index in [0.717, 1.165) is 0 Å². The van der Waals surface area contributed by atoms with E-state index >= 15 is 0 Å². The van der Waals surface area contributed by atoms with E-state index in [0.29, 0.717) is 17.2 Å². The highest BCUT2D eigenvalue weighted by Gasteiger charge is 2.11. The second-order valence-electron chi connectivity index (χ2n) is 3.97. The molecule has 0 radical (unpaired) electrons. The zero-order chi connectivity index (χ0) is 14.7. The number of rotatable bonds is 4. The van der Waals surface area contributed by atoms with Gasteiger partial charge in [-0.3, -0.25) is 9.36 Å². The number of aromatic nitrogens is 1. The summed E-state index contributed by atoms with van der Waals surface area (Å²) in [5.41, 5.74) is 0.0657. The van der Waals surface area contributed by atoms with Crippen molar-refractivity contribution in [2.75, 3.05) is 14.2 Å². The Bertz CT molecular complexity index is 705. The van der Waals surface area contributed by atoms with E-state index in [2.05, 4.69) is 0 Å². The van der Waals surface area contributed by atoms with Crippen LogP contribution in [0.3, 0.4) is 0 Å². The molecule has 0 aliphatic carbocycles. The first-order chi connectivity index (χ1) is 9.56. The molecule has 1 aromatic carbocycles. The summed E-state index contributed by atoms with van der Waals surface area (Å²) >= 11 is 0. The minimum atomic E-state index is -1.11. The molecule has 0 aliphatic heterocycles. The van der Waals surface area contributed by atoms with Crippen LogP contribution in [0.1, 0.15) is 10.4 Å². The number of ether oxygens (including phenoxy) is 2. The zero-order valence-electron chi connectivity index (χ0n) is 11.0. The van der Waals surface area contributed by atoms with Crippen LogP contribution >= 0.6 is 0 Å². The van der Waals surface area contributed by atoms with E-state index < -0.39 is 5.97 Å². The normalized spacial score (nSPS) is 10.1. The standard InChI is InChI=1S/C14H13NO5/c1-19-10-4-5-12(20-2)11(7-10)15-8-9(14(17)18)3-6-13(15)16/h3-8H,1-2H3,(H,17,18). The first kappa shape index (κ1) is 13.7. The fraction of sp³-hybridized carbons (Fsp3) is 0.143. The molecule has 20 heavy (non-hydrogen) atoms. The molecular weight excluding hydrogens is 262 g/mol. The summed E-state index contributed by atoms with van der Waals surface area (Å²) < 4.78 is 11.5. The molecule has 0 bridgehead atoms. The maximum atomic E-state index is 11.9. The quantitative estimate of drug-likeness (QED) is 0.916. The van der Waals surface area contributed by atoms with Gasteiger partial charge in [-0.2, -0.15) is 0 Å². The molecule has 1 aromatic heterocycles. The molecule has 1 N–H and O–H groups in total. The maximum Gasteiger partial charge on any atom is 0.337 e. The lowest BCUT2D eigenvalue weighted by Gasteiger charge is -2.12. The van der Waals surface area contributed by atoms with E-state index in [1.165, 1.54) is 37.1 Å². The van der Waals surface area contributed by atoms with Crippen molar-refractivity contribution in [3.05, 3.63) is 52.4 Å². The topological polar surface area (TPSA) is 77.8 Å². The minimum Gasteiger partial charge on any atom is -0.497 e. The molecule has 6 heteroatoms. The lowest BCUT2D eigenvalue weighted by atomic mass is 10.2. The second-order valence-corrected chi connectivity index (χ2v) is 3.97. The van der Waals surface area contributed by atoms with Crippen LogP contribution in [0.2, 0.25) is 0 Å². The molecule has 0 saturated heterocycles. The van der Waals surface area contributed by atoms with E-state index in [-0.39, 0.29) is 11.1 Å². The molecule has 0 unspecified atom stereocenters. The Morgan fingerprint density at radius 3 is 2.50 bits per heavy atom. The van der Waals surface area contributed by atoms with Gasteiger partial charge in [0.15, 0.2) is 0 Å². The Kier molecular flexibility index (Phi) is 3.74. The lowest BCUT2D eigenvalue weighted by molar-refractivity contribution is 0.0696. The Labute approximate surface area is 114 Å². The number of carboxylic acids is 1. The molecule has 6 nitrogen and oxygen atoms in total. The largest absolute Gasteiger partial charge is 0.497 e. The van der Waals surface area contributed by atoms with Crippen LogP contribution in [0.25, 0.3) is 5.69 Å². The van der Waals surface area contributed by atoms with Crippen molar-refractivity contribution in [1.29, 1.82) is 0 Å². The molecule has 0 spiro atoms. The SMILES string of the molecule is COc1ccc(OC)c(-n2cc(C(=O)O)ccc2=O)c1. The number of pyridine rings is 1. The van der Waals surface area contributed by atoms with Gasteiger partial charge in [0.25, 0.3) is 5.56 Å². The monoisotopic (exact) mass is 275 g/mol. The van der Waals surface area contributed by atoms with E-state index in [4.69, 9.17) is 14.6 Å². The third kappa shape index (κ3) is 2.49. The van der Waals surface area contributed by atoms with E-state index in [1.54, 1.807) is 18.2 Å². The van der Waals surface area contributed by atoms with Crippen molar-refractivity contribution in [2.45, 2.75) is 0 Å². The van der Waals surface area contributed by atoms with Gasteiger partial charge < -0.3 is 14.6 Å². The summed E-state index contributed by atoms with van der Waals surface area (Å²) in [5.74, 6) is -0.135. The van der Waals surface area contributed by atoms with Crippen molar-refractivity contribution in [2.24, 2.45) is 0 Å². The number of carboxylic acid groups (broad SMARTS) is 1. The smallest absolute Gasteiger partial charge is 0.337 e. The highest BCUT2D eigenvalue weighted by molar-refractivity contribution is 5.87. The Morgan fingerprint density at radius 2 is 1.90 bits per heavy atom. The number of nitrogens with zero attached hydrogens (tertiary/aromatic N) is 1. The average Bonchev–Trinajstić information content (AvgIpc) is 2.46. The van der Waals surface area contributed by atoms with Gasteiger partial charge >= 0.3 is 5.97 Å². The Morgan fingerprint density at radius 1 is 1.15 bits per heavy atom. The molecule has 104 valence electrons. The van der Waals surface area contributed by atoms with Gasteiger partial charge in [-0.25, -0.2) is 4.79 Å². The third-order valence-electron chi connectivity index (χ3n) is 2.80. The lowest BCUT2D eigenvalue weighted by Crippen LogP contribution is -2.19. The van der Waals surface area contributed by atoms with Gasteiger partial charge in [0.2, 0.25) is 0 Å².